The number of hydrogen-bond donors (Lipinski definition) is 0. The van der Waals surface area contributed by atoms with Crippen LogP contribution in [0.3, 0.4) is 0 Å². The van der Waals surface area contributed by atoms with Crippen LogP contribution in [-0.4, -0.2) is 25.8 Å². The van der Waals surface area contributed by atoms with Crippen molar-refractivity contribution >= 4 is 33.2 Å². The predicted molar refractivity (Wildman–Crippen MR) is 98.2 cm³/mol. The molecule has 1 aliphatic rings. The molecule has 2 aromatic rings. The lowest BCUT2D eigenvalue weighted by Crippen LogP contribution is -2.34. The number of nitrogens with zero attached hydrogens (tertiary/aromatic N) is 1. The number of benzene rings is 2. The van der Waals surface area contributed by atoms with Crippen molar-refractivity contribution in [2.45, 2.75) is 30.1 Å². The highest BCUT2D eigenvalue weighted by Crippen LogP contribution is 2.31. The third-order valence-electron chi connectivity index (χ3n) is 4.50. The van der Waals surface area contributed by atoms with Crippen molar-refractivity contribution in [3.63, 3.8) is 0 Å². The maximum Gasteiger partial charge on any atom is 0.243 e. The van der Waals surface area contributed by atoms with Gasteiger partial charge in [-0.2, -0.15) is 4.31 Å². The molecular formula is C18H18Cl2FNO2S. The van der Waals surface area contributed by atoms with Crippen LogP contribution in [0, 0.1) is 5.82 Å². The summed E-state index contributed by atoms with van der Waals surface area (Å²) in [6.07, 6.45) is 2.65. The van der Waals surface area contributed by atoms with E-state index in [0.717, 1.165) is 30.9 Å². The van der Waals surface area contributed by atoms with Gasteiger partial charge < -0.3 is 0 Å². The molecule has 1 aliphatic heterocycles. The molecule has 0 aliphatic carbocycles. The van der Waals surface area contributed by atoms with Gasteiger partial charge in [0.1, 0.15) is 5.82 Å². The molecular weight excluding hydrogens is 384 g/mol. The van der Waals surface area contributed by atoms with Crippen molar-refractivity contribution < 1.29 is 12.8 Å². The molecule has 1 saturated heterocycles. The lowest BCUT2D eigenvalue weighted by molar-refractivity contribution is 0.406. The Hall–Kier alpha value is -1.14. The number of rotatable bonds is 3. The highest BCUT2D eigenvalue weighted by molar-refractivity contribution is 7.89. The van der Waals surface area contributed by atoms with E-state index < -0.39 is 15.8 Å². The van der Waals surface area contributed by atoms with Crippen LogP contribution in [0.25, 0.3) is 0 Å². The number of sulfonamides is 1. The molecule has 0 N–H and O–H groups in total. The molecule has 0 saturated carbocycles. The Kier molecular flexibility index (Phi) is 5.68. The first-order chi connectivity index (χ1) is 11.9. The summed E-state index contributed by atoms with van der Waals surface area (Å²) in [5, 5.41) is 0.466. The van der Waals surface area contributed by atoms with E-state index in [-0.39, 0.29) is 15.8 Å². The molecule has 1 unspecified atom stereocenters. The number of halogens is 3. The highest BCUT2D eigenvalue weighted by atomic mass is 35.5. The zero-order valence-corrected chi connectivity index (χ0v) is 15.8. The van der Waals surface area contributed by atoms with Gasteiger partial charge in [0, 0.05) is 18.1 Å². The van der Waals surface area contributed by atoms with Crippen molar-refractivity contribution in [3.8, 4) is 0 Å². The Bertz CT molecular complexity index is 856. The monoisotopic (exact) mass is 401 g/mol. The summed E-state index contributed by atoms with van der Waals surface area (Å²) in [6.45, 7) is 0.834. The van der Waals surface area contributed by atoms with E-state index in [1.165, 1.54) is 16.4 Å². The van der Waals surface area contributed by atoms with Crippen molar-refractivity contribution in [2.75, 3.05) is 13.1 Å². The molecule has 7 heteroatoms. The fourth-order valence-corrected chi connectivity index (χ4v) is 5.04. The quantitative estimate of drug-likeness (QED) is 0.717. The summed E-state index contributed by atoms with van der Waals surface area (Å²) < 4.78 is 40.8. The minimum absolute atomic E-state index is 0.0238. The third kappa shape index (κ3) is 4.17. The van der Waals surface area contributed by atoms with Gasteiger partial charge in [-0.05, 0) is 54.7 Å². The molecule has 0 spiro atoms. The van der Waals surface area contributed by atoms with E-state index in [4.69, 9.17) is 23.2 Å². The molecule has 0 aromatic heterocycles. The third-order valence-corrected chi connectivity index (χ3v) is 6.91. The van der Waals surface area contributed by atoms with Crippen molar-refractivity contribution in [1.82, 2.24) is 4.31 Å². The van der Waals surface area contributed by atoms with Gasteiger partial charge in [0.2, 0.25) is 10.0 Å². The van der Waals surface area contributed by atoms with Crippen molar-refractivity contribution in [1.29, 1.82) is 0 Å². The van der Waals surface area contributed by atoms with E-state index in [9.17, 15) is 12.8 Å². The molecule has 25 heavy (non-hydrogen) atoms. The highest BCUT2D eigenvalue weighted by Gasteiger charge is 2.30. The first-order valence-electron chi connectivity index (χ1n) is 8.08. The largest absolute Gasteiger partial charge is 0.243 e. The molecule has 0 radical (unpaired) electrons. The number of hydrogen-bond acceptors (Lipinski definition) is 2. The minimum atomic E-state index is -3.72. The molecule has 134 valence electrons. The normalized spacial score (nSPS) is 19.6. The second kappa shape index (κ2) is 7.62. The van der Waals surface area contributed by atoms with Gasteiger partial charge >= 0.3 is 0 Å². The maximum atomic E-state index is 13.4. The second-order valence-electron chi connectivity index (χ2n) is 6.18. The van der Waals surface area contributed by atoms with Gasteiger partial charge in [0.25, 0.3) is 0 Å². The van der Waals surface area contributed by atoms with Gasteiger partial charge in [-0.25, -0.2) is 12.8 Å². The van der Waals surface area contributed by atoms with Crippen LogP contribution in [0.15, 0.2) is 47.4 Å². The van der Waals surface area contributed by atoms with Crippen molar-refractivity contribution in [3.05, 3.63) is 63.9 Å². The van der Waals surface area contributed by atoms with Crippen molar-refractivity contribution in [2.24, 2.45) is 0 Å². The van der Waals surface area contributed by atoms with E-state index in [1.807, 2.05) is 24.3 Å². The standard InChI is InChI=1S/C18H18Cl2FNO2S/c19-15-6-4-13(5-7-15)14-3-1-2-10-22(12-14)25(23,24)16-8-9-18(21)17(20)11-16/h4-9,11,14H,1-3,10,12H2. The summed E-state index contributed by atoms with van der Waals surface area (Å²) >= 11 is 11.7. The Morgan fingerprint density at radius 3 is 2.44 bits per heavy atom. The van der Waals surface area contributed by atoms with Crippen LogP contribution in [0.2, 0.25) is 10.0 Å². The van der Waals surface area contributed by atoms with Crippen LogP contribution in [0.4, 0.5) is 4.39 Å². The van der Waals surface area contributed by atoms with E-state index >= 15 is 0 Å². The predicted octanol–water partition coefficient (Wildman–Crippen LogP) is 5.09. The topological polar surface area (TPSA) is 37.4 Å². The van der Waals surface area contributed by atoms with Crippen LogP contribution in [0.5, 0.6) is 0 Å². The Morgan fingerprint density at radius 1 is 1.04 bits per heavy atom. The molecule has 1 heterocycles. The lowest BCUT2D eigenvalue weighted by atomic mass is 9.95. The fraction of sp³-hybridized carbons (Fsp3) is 0.333. The maximum absolute atomic E-state index is 13.4. The molecule has 0 amide bonds. The zero-order chi connectivity index (χ0) is 18.0. The molecule has 2 aromatic carbocycles. The van der Waals surface area contributed by atoms with Crippen LogP contribution in [0.1, 0.15) is 30.7 Å². The average Bonchev–Trinajstić information content (AvgIpc) is 2.84. The van der Waals surface area contributed by atoms with E-state index in [0.29, 0.717) is 18.1 Å². The summed E-state index contributed by atoms with van der Waals surface area (Å²) in [7, 11) is -3.72. The summed E-state index contributed by atoms with van der Waals surface area (Å²) in [4.78, 5) is 0.0238. The average molecular weight is 402 g/mol. The second-order valence-corrected chi connectivity index (χ2v) is 8.96. The molecule has 0 bridgehead atoms. The Morgan fingerprint density at radius 2 is 1.76 bits per heavy atom. The van der Waals surface area contributed by atoms with Crippen LogP contribution >= 0.6 is 23.2 Å². The van der Waals surface area contributed by atoms with E-state index in [1.54, 1.807) is 0 Å². The molecule has 3 rings (SSSR count). The zero-order valence-electron chi connectivity index (χ0n) is 13.5. The fourth-order valence-electron chi connectivity index (χ4n) is 3.12. The summed E-state index contributed by atoms with van der Waals surface area (Å²) in [5.41, 5.74) is 1.07. The summed E-state index contributed by atoms with van der Waals surface area (Å²) in [6, 6.07) is 11.0. The van der Waals surface area contributed by atoms with Gasteiger partial charge in [0.05, 0.1) is 9.92 Å². The lowest BCUT2D eigenvalue weighted by Gasteiger charge is -2.24. The van der Waals surface area contributed by atoms with Crippen LogP contribution < -0.4 is 0 Å². The molecule has 3 nitrogen and oxygen atoms in total. The molecule has 1 fully saturated rings. The summed E-state index contributed by atoms with van der Waals surface area (Å²) in [5.74, 6) is -0.527. The van der Waals surface area contributed by atoms with Gasteiger partial charge in [-0.1, -0.05) is 41.8 Å². The first-order valence-corrected chi connectivity index (χ1v) is 10.3. The Balaban J connectivity index is 1.89. The van der Waals surface area contributed by atoms with Gasteiger partial charge in [0.15, 0.2) is 0 Å². The smallest absolute Gasteiger partial charge is 0.207 e. The van der Waals surface area contributed by atoms with Gasteiger partial charge in [-0.15, -0.1) is 0 Å². The first kappa shape index (κ1) is 18.6. The van der Waals surface area contributed by atoms with E-state index in [2.05, 4.69) is 0 Å². The van der Waals surface area contributed by atoms with Gasteiger partial charge in [-0.3, -0.25) is 0 Å². The minimum Gasteiger partial charge on any atom is -0.207 e. The molecule has 1 atom stereocenters. The SMILES string of the molecule is O=S(=O)(c1ccc(F)c(Cl)c1)N1CCCCC(c2ccc(Cl)cc2)C1. The Labute approximate surface area is 157 Å². The van der Waals surface area contributed by atoms with Crippen LogP contribution in [-0.2, 0) is 10.0 Å².